The van der Waals surface area contributed by atoms with E-state index >= 15 is 0 Å². The molecule has 0 aromatic heterocycles. The number of hydrogen-bond acceptors (Lipinski definition) is 6. The number of carbonyl (C=O) groups excluding carboxylic acids is 1. The second kappa shape index (κ2) is 8.83. The third-order valence-electron chi connectivity index (χ3n) is 4.62. The van der Waals surface area contributed by atoms with E-state index in [0.717, 1.165) is 17.6 Å². The van der Waals surface area contributed by atoms with Crippen LogP contribution in [0.4, 0.5) is 5.69 Å². The maximum absolute atomic E-state index is 12.7. The van der Waals surface area contributed by atoms with Crippen molar-refractivity contribution in [3.05, 3.63) is 48.0 Å². The summed E-state index contributed by atoms with van der Waals surface area (Å²) in [5, 5.41) is 2.82. The fourth-order valence-electron chi connectivity index (χ4n) is 3.08. The molecule has 30 heavy (non-hydrogen) atoms. The number of fused-ring (bicyclic) bond motifs is 1. The molecular formula is C21H26N2O6S. The largest absolute Gasteiger partial charge is 0.497 e. The second-order valence-corrected chi connectivity index (χ2v) is 9.17. The van der Waals surface area contributed by atoms with Crippen LogP contribution in [0.2, 0.25) is 0 Å². The summed E-state index contributed by atoms with van der Waals surface area (Å²) in [5.41, 5.74) is 1.34. The molecule has 1 N–H and O–H groups in total. The van der Waals surface area contributed by atoms with Gasteiger partial charge in [-0.25, -0.2) is 8.42 Å². The van der Waals surface area contributed by atoms with Gasteiger partial charge < -0.3 is 19.5 Å². The van der Waals surface area contributed by atoms with Crippen LogP contribution in [0, 0.1) is 6.92 Å². The van der Waals surface area contributed by atoms with Crippen LogP contribution >= 0.6 is 0 Å². The Balaban J connectivity index is 1.63. The Labute approximate surface area is 176 Å². The van der Waals surface area contributed by atoms with Crippen molar-refractivity contribution in [1.82, 2.24) is 5.32 Å². The number of carbonyl (C=O) groups is 1. The molecule has 8 nitrogen and oxygen atoms in total. The van der Waals surface area contributed by atoms with Gasteiger partial charge in [0, 0.05) is 0 Å². The maximum atomic E-state index is 12.7. The Morgan fingerprint density at radius 2 is 1.90 bits per heavy atom. The second-order valence-electron chi connectivity index (χ2n) is 7.27. The van der Waals surface area contributed by atoms with Crippen LogP contribution in [-0.2, 0) is 14.8 Å². The van der Waals surface area contributed by atoms with Crippen LogP contribution in [-0.4, -0.2) is 53.0 Å². The molecule has 0 saturated carbocycles. The molecule has 2 aromatic rings. The molecule has 0 fully saturated rings. The first-order chi connectivity index (χ1) is 14.2. The summed E-state index contributed by atoms with van der Waals surface area (Å²) in [4.78, 5) is 12.7. The molecule has 1 amide bonds. The van der Waals surface area contributed by atoms with E-state index in [0.29, 0.717) is 17.2 Å². The number of sulfonamides is 1. The Hall–Kier alpha value is -2.94. The van der Waals surface area contributed by atoms with Crippen LogP contribution in [0.3, 0.4) is 0 Å². The predicted molar refractivity (Wildman–Crippen MR) is 114 cm³/mol. The number of benzene rings is 2. The molecule has 9 heteroatoms. The monoisotopic (exact) mass is 434 g/mol. The number of aryl methyl sites for hydroxylation is 1. The van der Waals surface area contributed by atoms with Gasteiger partial charge in [-0.15, -0.1) is 0 Å². The Morgan fingerprint density at radius 3 is 2.53 bits per heavy atom. The number of nitrogens with zero attached hydrogens (tertiary/aromatic N) is 1. The number of rotatable bonds is 7. The molecule has 2 aromatic carbocycles. The van der Waals surface area contributed by atoms with Gasteiger partial charge in [0.1, 0.15) is 23.9 Å². The van der Waals surface area contributed by atoms with Gasteiger partial charge in [0.25, 0.3) is 5.91 Å². The summed E-state index contributed by atoms with van der Waals surface area (Å²) in [6.45, 7) is 3.82. The van der Waals surface area contributed by atoms with Crippen molar-refractivity contribution >= 4 is 21.6 Å². The molecule has 0 radical (unpaired) electrons. The summed E-state index contributed by atoms with van der Waals surface area (Å²) >= 11 is 0. The minimum atomic E-state index is -3.56. The number of methoxy groups -OCH3 is 1. The zero-order chi connectivity index (χ0) is 21.9. The first-order valence-electron chi connectivity index (χ1n) is 9.49. The summed E-state index contributed by atoms with van der Waals surface area (Å²) < 4.78 is 42.3. The van der Waals surface area contributed by atoms with Gasteiger partial charge in [0.05, 0.1) is 31.6 Å². The number of anilines is 1. The van der Waals surface area contributed by atoms with E-state index < -0.39 is 22.0 Å². The highest BCUT2D eigenvalue weighted by Crippen LogP contribution is 2.35. The van der Waals surface area contributed by atoms with E-state index in [-0.39, 0.29) is 19.2 Å². The zero-order valence-corrected chi connectivity index (χ0v) is 18.2. The molecular weight excluding hydrogens is 408 g/mol. The lowest BCUT2D eigenvalue weighted by molar-refractivity contribution is -0.128. The fourth-order valence-corrected chi connectivity index (χ4v) is 3.99. The van der Waals surface area contributed by atoms with Crippen molar-refractivity contribution in [1.29, 1.82) is 0 Å². The molecule has 3 rings (SSSR count). The molecule has 0 saturated heterocycles. The summed E-state index contributed by atoms with van der Waals surface area (Å²) in [7, 11) is -1.98. The lowest BCUT2D eigenvalue weighted by Crippen LogP contribution is -2.52. The van der Waals surface area contributed by atoms with Gasteiger partial charge in [-0.3, -0.25) is 9.10 Å². The van der Waals surface area contributed by atoms with Crippen LogP contribution in [0.1, 0.15) is 12.5 Å². The number of ether oxygens (including phenoxy) is 3. The predicted octanol–water partition coefficient (Wildman–Crippen LogP) is 2.11. The Morgan fingerprint density at radius 1 is 1.23 bits per heavy atom. The molecule has 1 heterocycles. The van der Waals surface area contributed by atoms with Crippen molar-refractivity contribution in [2.45, 2.75) is 26.0 Å². The van der Waals surface area contributed by atoms with Crippen LogP contribution < -0.4 is 23.8 Å². The van der Waals surface area contributed by atoms with E-state index in [2.05, 4.69) is 5.32 Å². The lowest BCUT2D eigenvalue weighted by atomic mass is 10.1. The highest BCUT2D eigenvalue weighted by molar-refractivity contribution is 7.92. The van der Waals surface area contributed by atoms with Crippen molar-refractivity contribution in [2.24, 2.45) is 0 Å². The van der Waals surface area contributed by atoms with Gasteiger partial charge in [-0.1, -0.05) is 6.07 Å². The summed E-state index contributed by atoms with van der Waals surface area (Å²) in [6, 6.07) is 12.0. The van der Waals surface area contributed by atoms with Crippen molar-refractivity contribution in [3.8, 4) is 17.2 Å². The van der Waals surface area contributed by atoms with E-state index in [1.165, 1.54) is 4.31 Å². The number of nitrogens with one attached hydrogen (secondary N) is 1. The minimum Gasteiger partial charge on any atom is -0.497 e. The average Bonchev–Trinajstić information content (AvgIpc) is 2.71. The highest BCUT2D eigenvalue weighted by Gasteiger charge is 2.35. The van der Waals surface area contributed by atoms with E-state index in [4.69, 9.17) is 14.2 Å². The normalized spacial score (nSPS) is 16.8. The average molecular weight is 435 g/mol. The van der Waals surface area contributed by atoms with E-state index in [9.17, 15) is 13.2 Å². The zero-order valence-electron chi connectivity index (χ0n) is 17.4. The Bertz CT molecular complexity index is 1010. The molecule has 0 spiro atoms. The molecule has 0 unspecified atom stereocenters. The van der Waals surface area contributed by atoms with Crippen LogP contribution in [0.5, 0.6) is 17.2 Å². The third kappa shape index (κ3) is 5.15. The van der Waals surface area contributed by atoms with Crippen molar-refractivity contribution in [3.63, 3.8) is 0 Å². The molecule has 1 aliphatic rings. The van der Waals surface area contributed by atoms with Gasteiger partial charge in [-0.05, 0) is 55.8 Å². The molecule has 0 bridgehead atoms. The third-order valence-corrected chi connectivity index (χ3v) is 5.77. The number of amides is 1. The molecule has 162 valence electrons. The SMILES string of the molecule is COc1ccc(OC[C@@H](C)NC(=O)[C@H]2CN(S(C)(=O)=O)c3cc(C)ccc3O2)cc1. The summed E-state index contributed by atoms with van der Waals surface area (Å²) in [5.74, 6) is 1.34. The lowest BCUT2D eigenvalue weighted by Gasteiger charge is -2.34. The van der Waals surface area contributed by atoms with Gasteiger partial charge in [-0.2, -0.15) is 0 Å². The first-order valence-corrected chi connectivity index (χ1v) is 11.3. The fraction of sp³-hybridized carbons (Fsp3) is 0.381. The van der Waals surface area contributed by atoms with E-state index in [1.54, 1.807) is 50.4 Å². The number of hydrogen-bond donors (Lipinski definition) is 1. The molecule has 0 aliphatic carbocycles. The highest BCUT2D eigenvalue weighted by atomic mass is 32.2. The van der Waals surface area contributed by atoms with Gasteiger partial charge >= 0.3 is 0 Å². The molecule has 1 aliphatic heterocycles. The van der Waals surface area contributed by atoms with Crippen molar-refractivity contribution in [2.75, 3.05) is 30.8 Å². The first kappa shape index (κ1) is 21.8. The maximum Gasteiger partial charge on any atom is 0.263 e. The van der Waals surface area contributed by atoms with E-state index in [1.807, 2.05) is 13.0 Å². The van der Waals surface area contributed by atoms with Crippen LogP contribution in [0.15, 0.2) is 42.5 Å². The van der Waals surface area contributed by atoms with Gasteiger partial charge in [0.2, 0.25) is 10.0 Å². The van der Waals surface area contributed by atoms with Crippen LogP contribution in [0.25, 0.3) is 0 Å². The summed E-state index contributed by atoms with van der Waals surface area (Å²) in [6.07, 6.45) is 0.156. The smallest absolute Gasteiger partial charge is 0.263 e. The Kier molecular flexibility index (Phi) is 6.40. The van der Waals surface area contributed by atoms with Gasteiger partial charge in [0.15, 0.2) is 6.10 Å². The standard InChI is InChI=1S/C21H26N2O6S/c1-14-5-10-19-18(11-14)23(30(4,25)26)12-20(29-19)21(24)22-15(2)13-28-17-8-6-16(27-3)7-9-17/h5-11,15,20H,12-13H2,1-4H3,(H,22,24)/t15-,20-/m1/s1. The molecule has 2 atom stereocenters. The topological polar surface area (TPSA) is 94.2 Å². The quantitative estimate of drug-likeness (QED) is 0.717. The van der Waals surface area contributed by atoms with Crippen molar-refractivity contribution < 1.29 is 27.4 Å². The minimum absolute atomic E-state index is 0.0901.